The van der Waals surface area contributed by atoms with Crippen molar-refractivity contribution in [2.45, 2.75) is 0 Å². The maximum atomic E-state index is 12.1. The first kappa shape index (κ1) is 13.1. The van der Waals surface area contributed by atoms with Crippen LogP contribution in [0, 0.1) is 5.21 Å². The van der Waals surface area contributed by atoms with Gasteiger partial charge in [-0.05, 0) is 35.4 Å². The van der Waals surface area contributed by atoms with Gasteiger partial charge in [0.2, 0.25) is 5.69 Å². The van der Waals surface area contributed by atoms with Gasteiger partial charge >= 0.3 is 0 Å². The van der Waals surface area contributed by atoms with Crippen LogP contribution in [-0.2, 0) is 0 Å². The van der Waals surface area contributed by atoms with E-state index in [1.54, 1.807) is 6.21 Å². The normalized spacial score (nSPS) is 11.3. The van der Waals surface area contributed by atoms with Gasteiger partial charge in [0, 0.05) is 17.7 Å². The quantitative estimate of drug-likeness (QED) is 0.296. The van der Waals surface area contributed by atoms with Crippen molar-refractivity contribution in [3.05, 3.63) is 95.7 Å². The van der Waals surface area contributed by atoms with E-state index in [1.807, 2.05) is 72.8 Å². The standard InChI is InChI=1S/C19H15NO/c21-20(15-16-7-3-1-4-8-16)19-13-11-18(12-14-19)17-9-5-2-6-10-17/h1-15H/b20-15-. The van der Waals surface area contributed by atoms with Crippen LogP contribution in [0.4, 0.5) is 5.69 Å². The molecule has 0 aliphatic rings. The van der Waals surface area contributed by atoms with Gasteiger partial charge in [-0.25, -0.2) is 0 Å². The predicted molar refractivity (Wildman–Crippen MR) is 86.8 cm³/mol. The number of nitrogens with zero attached hydrogens (tertiary/aromatic N) is 1. The minimum absolute atomic E-state index is 0.624. The summed E-state index contributed by atoms with van der Waals surface area (Å²) in [6, 6.07) is 27.3. The van der Waals surface area contributed by atoms with Gasteiger partial charge in [-0.15, -0.1) is 0 Å². The van der Waals surface area contributed by atoms with Crippen LogP contribution in [0.15, 0.2) is 84.9 Å². The summed E-state index contributed by atoms with van der Waals surface area (Å²) in [7, 11) is 0. The first-order valence-corrected chi connectivity index (χ1v) is 6.85. The summed E-state index contributed by atoms with van der Waals surface area (Å²) in [5.41, 5.74) is 3.76. The Labute approximate surface area is 124 Å². The lowest BCUT2D eigenvalue weighted by Gasteiger charge is -2.05. The number of hydrogen-bond acceptors (Lipinski definition) is 1. The Morgan fingerprint density at radius 3 is 1.76 bits per heavy atom. The molecule has 0 saturated heterocycles. The Hall–Kier alpha value is -2.87. The molecule has 0 aliphatic carbocycles. The van der Waals surface area contributed by atoms with Gasteiger partial charge in [0.15, 0.2) is 6.21 Å². The van der Waals surface area contributed by atoms with Gasteiger partial charge in [0.1, 0.15) is 0 Å². The van der Waals surface area contributed by atoms with E-state index >= 15 is 0 Å². The van der Waals surface area contributed by atoms with Crippen molar-refractivity contribution >= 4 is 11.9 Å². The van der Waals surface area contributed by atoms with Crippen molar-refractivity contribution in [3.8, 4) is 11.1 Å². The van der Waals surface area contributed by atoms with Crippen molar-refractivity contribution in [1.29, 1.82) is 0 Å². The lowest BCUT2D eigenvalue weighted by molar-refractivity contribution is -0.354. The zero-order valence-electron chi connectivity index (χ0n) is 11.5. The summed E-state index contributed by atoms with van der Waals surface area (Å²) in [6.07, 6.45) is 1.58. The fourth-order valence-electron chi connectivity index (χ4n) is 2.18. The average Bonchev–Trinajstić information content (AvgIpc) is 2.57. The van der Waals surface area contributed by atoms with Gasteiger partial charge in [0.25, 0.3) is 0 Å². The van der Waals surface area contributed by atoms with Crippen molar-refractivity contribution in [2.24, 2.45) is 0 Å². The molecule has 2 heteroatoms. The summed E-state index contributed by atoms with van der Waals surface area (Å²) in [5, 5.41) is 12.1. The van der Waals surface area contributed by atoms with E-state index in [0.717, 1.165) is 21.4 Å². The van der Waals surface area contributed by atoms with Crippen LogP contribution in [0.3, 0.4) is 0 Å². The SMILES string of the molecule is [O-]/[N+](=C\c1ccccc1)c1ccc(-c2ccccc2)cc1. The predicted octanol–water partition coefficient (Wildman–Crippen LogP) is 4.61. The molecule has 0 saturated carbocycles. The van der Waals surface area contributed by atoms with E-state index < -0.39 is 0 Å². The van der Waals surface area contributed by atoms with Crippen molar-refractivity contribution in [3.63, 3.8) is 0 Å². The Bertz CT molecular complexity index is 732. The third-order valence-corrected chi connectivity index (χ3v) is 3.29. The molecule has 3 rings (SSSR count). The number of hydrogen-bond donors (Lipinski definition) is 0. The first-order valence-electron chi connectivity index (χ1n) is 6.85. The molecule has 3 aromatic carbocycles. The molecule has 2 nitrogen and oxygen atoms in total. The molecule has 0 amide bonds. The second-order valence-corrected chi connectivity index (χ2v) is 4.78. The van der Waals surface area contributed by atoms with Crippen molar-refractivity contribution in [1.82, 2.24) is 0 Å². The lowest BCUT2D eigenvalue weighted by atomic mass is 10.1. The molecule has 0 aromatic heterocycles. The van der Waals surface area contributed by atoms with E-state index in [9.17, 15) is 5.21 Å². The first-order chi connectivity index (χ1) is 10.3. The molecular weight excluding hydrogens is 258 g/mol. The van der Waals surface area contributed by atoms with Crippen LogP contribution in [0.1, 0.15) is 5.56 Å². The van der Waals surface area contributed by atoms with Crippen LogP contribution in [-0.4, -0.2) is 11.0 Å². The molecule has 0 heterocycles. The average molecular weight is 273 g/mol. The summed E-state index contributed by atoms with van der Waals surface area (Å²) in [5.74, 6) is 0. The highest BCUT2D eigenvalue weighted by molar-refractivity contribution is 5.76. The van der Waals surface area contributed by atoms with Gasteiger partial charge in [-0.2, -0.15) is 4.74 Å². The topological polar surface area (TPSA) is 26.1 Å². The summed E-state index contributed by atoms with van der Waals surface area (Å²) < 4.78 is 0.893. The highest BCUT2D eigenvalue weighted by atomic mass is 16.5. The van der Waals surface area contributed by atoms with E-state index in [1.165, 1.54) is 0 Å². The van der Waals surface area contributed by atoms with Crippen molar-refractivity contribution in [2.75, 3.05) is 0 Å². The molecule has 0 unspecified atom stereocenters. The Morgan fingerprint density at radius 1 is 0.619 bits per heavy atom. The minimum Gasteiger partial charge on any atom is -0.618 e. The summed E-state index contributed by atoms with van der Waals surface area (Å²) >= 11 is 0. The van der Waals surface area contributed by atoms with Crippen LogP contribution < -0.4 is 0 Å². The summed E-state index contributed by atoms with van der Waals surface area (Å²) in [4.78, 5) is 0. The van der Waals surface area contributed by atoms with Gasteiger partial charge in [-0.1, -0.05) is 48.5 Å². The molecule has 0 atom stereocenters. The molecule has 0 spiro atoms. The molecule has 0 radical (unpaired) electrons. The van der Waals surface area contributed by atoms with Gasteiger partial charge in [-0.3, -0.25) is 0 Å². The zero-order valence-corrected chi connectivity index (χ0v) is 11.5. The lowest BCUT2D eigenvalue weighted by Crippen LogP contribution is -1.98. The molecule has 0 N–H and O–H groups in total. The molecule has 102 valence electrons. The second kappa shape index (κ2) is 6.06. The highest BCUT2D eigenvalue weighted by Gasteiger charge is 2.03. The van der Waals surface area contributed by atoms with E-state index in [-0.39, 0.29) is 0 Å². The largest absolute Gasteiger partial charge is 0.618 e. The van der Waals surface area contributed by atoms with Crippen LogP contribution in [0.25, 0.3) is 11.1 Å². The highest BCUT2D eigenvalue weighted by Crippen LogP contribution is 2.21. The van der Waals surface area contributed by atoms with E-state index in [2.05, 4.69) is 12.1 Å². The third kappa shape index (κ3) is 3.18. The molecule has 0 bridgehead atoms. The molecule has 0 aliphatic heterocycles. The number of benzene rings is 3. The van der Waals surface area contributed by atoms with Crippen LogP contribution in [0.5, 0.6) is 0 Å². The van der Waals surface area contributed by atoms with Gasteiger partial charge in [0.05, 0.1) is 0 Å². The van der Waals surface area contributed by atoms with E-state index in [0.29, 0.717) is 5.69 Å². The van der Waals surface area contributed by atoms with Crippen LogP contribution >= 0.6 is 0 Å². The Morgan fingerprint density at radius 2 is 1.14 bits per heavy atom. The Kier molecular flexibility index (Phi) is 3.79. The monoisotopic (exact) mass is 273 g/mol. The maximum Gasteiger partial charge on any atom is 0.216 e. The smallest absolute Gasteiger partial charge is 0.216 e. The van der Waals surface area contributed by atoms with Crippen molar-refractivity contribution < 1.29 is 4.74 Å². The third-order valence-electron chi connectivity index (χ3n) is 3.29. The molecule has 21 heavy (non-hydrogen) atoms. The fourth-order valence-corrected chi connectivity index (χ4v) is 2.18. The molecular formula is C19H15NO. The molecule has 3 aromatic rings. The minimum atomic E-state index is 0.624. The Balaban J connectivity index is 1.86. The number of rotatable bonds is 3. The van der Waals surface area contributed by atoms with Gasteiger partial charge < -0.3 is 5.21 Å². The summed E-state index contributed by atoms with van der Waals surface area (Å²) in [6.45, 7) is 0. The second-order valence-electron chi connectivity index (χ2n) is 4.78. The molecule has 0 fully saturated rings. The fraction of sp³-hybridized carbons (Fsp3) is 0. The zero-order chi connectivity index (χ0) is 14.5. The maximum absolute atomic E-state index is 12.1. The van der Waals surface area contributed by atoms with E-state index in [4.69, 9.17) is 0 Å². The van der Waals surface area contributed by atoms with Crippen LogP contribution in [0.2, 0.25) is 0 Å².